The summed E-state index contributed by atoms with van der Waals surface area (Å²) in [6, 6.07) is 9.27. The molecule has 28 heavy (non-hydrogen) atoms. The van der Waals surface area contributed by atoms with E-state index in [4.69, 9.17) is 4.74 Å². The lowest BCUT2D eigenvalue weighted by Gasteiger charge is -2.24. The van der Waals surface area contributed by atoms with Gasteiger partial charge in [0.15, 0.2) is 0 Å². The number of ketones is 1. The number of Topliss-reactive ketones (excluding diaryl/α,β-unsaturated/α-hetero) is 1. The van der Waals surface area contributed by atoms with Crippen molar-refractivity contribution in [2.24, 2.45) is 0 Å². The summed E-state index contributed by atoms with van der Waals surface area (Å²) in [6.07, 6.45) is 2.74. The van der Waals surface area contributed by atoms with Crippen molar-refractivity contribution in [1.82, 2.24) is 20.1 Å². The summed E-state index contributed by atoms with van der Waals surface area (Å²) in [6.45, 7) is 6.79. The maximum Gasteiger partial charge on any atom is 0.410 e. The Labute approximate surface area is 165 Å². The molecule has 0 aliphatic carbocycles. The van der Waals surface area contributed by atoms with Gasteiger partial charge in [-0.25, -0.2) is 4.79 Å². The molecule has 3 rings (SSSR count). The van der Waals surface area contributed by atoms with Crippen molar-refractivity contribution in [3.05, 3.63) is 53.6 Å². The molecule has 1 unspecified atom stereocenters. The molecule has 7 heteroatoms. The molecule has 2 aromatic rings. The molecule has 7 nitrogen and oxygen atoms in total. The van der Waals surface area contributed by atoms with Crippen LogP contribution in [0, 0.1) is 0 Å². The zero-order valence-electron chi connectivity index (χ0n) is 16.6. The number of aromatic nitrogens is 3. The quantitative estimate of drug-likeness (QED) is 0.790. The second kappa shape index (κ2) is 8.46. The van der Waals surface area contributed by atoms with E-state index in [1.165, 1.54) is 0 Å². The molecule has 0 radical (unpaired) electrons. The number of ether oxygens (including phenoxy) is 1. The van der Waals surface area contributed by atoms with Gasteiger partial charge in [-0.15, -0.1) is 0 Å². The molecule has 1 saturated heterocycles. The Morgan fingerprint density at radius 2 is 1.89 bits per heavy atom. The van der Waals surface area contributed by atoms with Gasteiger partial charge in [-0.2, -0.15) is 10.2 Å². The number of carbonyl (C=O) groups is 2. The van der Waals surface area contributed by atoms with Gasteiger partial charge in [0.1, 0.15) is 11.4 Å². The normalized spacial score (nSPS) is 16.8. The number of hydrogen-bond acceptors (Lipinski definition) is 6. The van der Waals surface area contributed by atoms with Crippen molar-refractivity contribution in [2.75, 3.05) is 13.1 Å². The van der Waals surface area contributed by atoms with E-state index >= 15 is 0 Å². The Morgan fingerprint density at radius 3 is 2.54 bits per heavy atom. The lowest BCUT2D eigenvalue weighted by atomic mass is 10.0. The minimum atomic E-state index is -0.502. The number of carbonyl (C=O) groups excluding carboxylic acids is 2. The van der Waals surface area contributed by atoms with Crippen molar-refractivity contribution in [1.29, 1.82) is 0 Å². The summed E-state index contributed by atoms with van der Waals surface area (Å²) in [5.41, 5.74) is 1.74. The van der Waals surface area contributed by atoms with Crippen molar-refractivity contribution in [3.8, 4) is 0 Å². The standard InChI is InChI=1S/C21H26N4O3/c1-21(2,3)28-20(27)25-11-9-15(14-25)19-8-7-17(23-24-19)13-18(26)12-16-6-4-5-10-22-16/h4-8,10,15H,9,11-14H2,1-3H3. The fourth-order valence-corrected chi connectivity index (χ4v) is 3.15. The molecule has 1 amide bonds. The van der Waals surface area contributed by atoms with E-state index in [-0.39, 0.29) is 30.6 Å². The predicted octanol–water partition coefficient (Wildman–Crippen LogP) is 2.95. The summed E-state index contributed by atoms with van der Waals surface area (Å²) in [5, 5.41) is 8.50. The Bertz CT molecular complexity index is 816. The fourth-order valence-electron chi connectivity index (χ4n) is 3.15. The molecule has 0 spiro atoms. The molecular weight excluding hydrogens is 356 g/mol. The molecule has 1 aliphatic heterocycles. The van der Waals surface area contributed by atoms with Crippen LogP contribution in [-0.2, 0) is 22.4 Å². The molecule has 1 fully saturated rings. The molecule has 0 aromatic carbocycles. The van der Waals surface area contributed by atoms with Gasteiger partial charge in [0.25, 0.3) is 0 Å². The number of hydrogen-bond donors (Lipinski definition) is 0. The zero-order valence-corrected chi connectivity index (χ0v) is 16.6. The molecule has 2 aromatic heterocycles. The van der Waals surface area contributed by atoms with Gasteiger partial charge in [0.2, 0.25) is 0 Å². The van der Waals surface area contributed by atoms with Crippen LogP contribution in [0.5, 0.6) is 0 Å². The van der Waals surface area contributed by atoms with Crippen molar-refractivity contribution >= 4 is 11.9 Å². The first-order chi connectivity index (χ1) is 13.3. The predicted molar refractivity (Wildman–Crippen MR) is 104 cm³/mol. The first kappa shape index (κ1) is 19.9. The van der Waals surface area contributed by atoms with E-state index in [0.29, 0.717) is 18.8 Å². The third kappa shape index (κ3) is 5.58. The maximum absolute atomic E-state index is 12.2. The summed E-state index contributed by atoms with van der Waals surface area (Å²) < 4.78 is 5.43. The third-order valence-corrected chi connectivity index (χ3v) is 4.48. The van der Waals surface area contributed by atoms with Crippen LogP contribution in [0.3, 0.4) is 0 Å². The smallest absolute Gasteiger partial charge is 0.410 e. The van der Waals surface area contributed by atoms with Gasteiger partial charge in [-0.05, 0) is 51.5 Å². The van der Waals surface area contributed by atoms with Crippen LogP contribution >= 0.6 is 0 Å². The molecule has 0 bridgehead atoms. The van der Waals surface area contributed by atoms with E-state index in [1.54, 1.807) is 11.1 Å². The molecule has 0 N–H and O–H groups in total. The highest BCUT2D eigenvalue weighted by molar-refractivity contribution is 5.82. The summed E-state index contributed by atoms with van der Waals surface area (Å²) in [5.74, 6) is 0.191. The van der Waals surface area contributed by atoms with E-state index in [0.717, 1.165) is 17.8 Å². The highest BCUT2D eigenvalue weighted by Crippen LogP contribution is 2.26. The van der Waals surface area contributed by atoms with Gasteiger partial charge in [0.05, 0.1) is 17.8 Å². The van der Waals surface area contributed by atoms with Crippen molar-refractivity contribution in [3.63, 3.8) is 0 Å². The topological polar surface area (TPSA) is 85.3 Å². The molecule has 1 atom stereocenters. The van der Waals surface area contributed by atoms with Crippen molar-refractivity contribution < 1.29 is 14.3 Å². The Kier molecular flexibility index (Phi) is 6.02. The van der Waals surface area contributed by atoms with Crippen LogP contribution in [-0.4, -0.2) is 50.6 Å². The lowest BCUT2D eigenvalue weighted by molar-refractivity contribution is -0.117. The molecular formula is C21H26N4O3. The zero-order chi connectivity index (χ0) is 20.1. The summed E-state index contributed by atoms with van der Waals surface area (Å²) in [7, 11) is 0. The third-order valence-electron chi connectivity index (χ3n) is 4.48. The fraction of sp³-hybridized carbons (Fsp3) is 0.476. The molecule has 1 aliphatic rings. The lowest BCUT2D eigenvalue weighted by Crippen LogP contribution is -2.35. The first-order valence-corrected chi connectivity index (χ1v) is 9.52. The number of rotatable bonds is 5. The Hall–Kier alpha value is -2.83. The number of amides is 1. The number of likely N-dealkylation sites (tertiary alicyclic amines) is 1. The van der Waals surface area contributed by atoms with Crippen LogP contribution in [0.25, 0.3) is 0 Å². The average Bonchev–Trinajstić information content (AvgIpc) is 3.12. The van der Waals surface area contributed by atoms with Crippen LogP contribution < -0.4 is 0 Å². The first-order valence-electron chi connectivity index (χ1n) is 9.52. The van der Waals surface area contributed by atoms with Gasteiger partial charge < -0.3 is 9.64 Å². The monoisotopic (exact) mass is 382 g/mol. The minimum absolute atomic E-state index is 0.0534. The number of nitrogens with zero attached hydrogens (tertiary/aromatic N) is 4. The molecule has 148 valence electrons. The van der Waals surface area contributed by atoms with E-state index in [1.807, 2.05) is 51.1 Å². The molecule has 3 heterocycles. The maximum atomic E-state index is 12.2. The Balaban J connectivity index is 1.53. The molecule has 0 saturated carbocycles. The number of pyridine rings is 1. The van der Waals surface area contributed by atoms with Gasteiger partial charge in [-0.1, -0.05) is 6.07 Å². The van der Waals surface area contributed by atoms with E-state index in [9.17, 15) is 9.59 Å². The SMILES string of the molecule is CC(C)(C)OC(=O)N1CCC(c2ccc(CC(=O)Cc3ccccn3)nn2)C1. The highest BCUT2D eigenvalue weighted by atomic mass is 16.6. The minimum Gasteiger partial charge on any atom is -0.444 e. The summed E-state index contributed by atoms with van der Waals surface area (Å²) in [4.78, 5) is 30.3. The second-order valence-corrected chi connectivity index (χ2v) is 8.07. The van der Waals surface area contributed by atoms with E-state index < -0.39 is 5.60 Å². The van der Waals surface area contributed by atoms with Crippen LogP contribution in [0.2, 0.25) is 0 Å². The second-order valence-electron chi connectivity index (χ2n) is 8.07. The van der Waals surface area contributed by atoms with Gasteiger partial charge in [0, 0.05) is 37.3 Å². The highest BCUT2D eigenvalue weighted by Gasteiger charge is 2.31. The van der Waals surface area contributed by atoms with Crippen LogP contribution in [0.1, 0.15) is 50.2 Å². The summed E-state index contributed by atoms with van der Waals surface area (Å²) >= 11 is 0. The van der Waals surface area contributed by atoms with Crippen LogP contribution in [0.15, 0.2) is 36.5 Å². The largest absolute Gasteiger partial charge is 0.444 e. The van der Waals surface area contributed by atoms with Crippen molar-refractivity contribution in [2.45, 2.75) is 51.6 Å². The van der Waals surface area contributed by atoms with Gasteiger partial charge in [-0.3, -0.25) is 9.78 Å². The van der Waals surface area contributed by atoms with E-state index in [2.05, 4.69) is 15.2 Å². The average molecular weight is 382 g/mol. The Morgan fingerprint density at radius 1 is 1.11 bits per heavy atom. The van der Waals surface area contributed by atoms with Crippen LogP contribution in [0.4, 0.5) is 4.79 Å². The van der Waals surface area contributed by atoms with Gasteiger partial charge >= 0.3 is 6.09 Å².